The molecule has 0 aliphatic rings. The van der Waals surface area contributed by atoms with Gasteiger partial charge in [0.2, 0.25) is 6.41 Å². The Balaban J connectivity index is 0.000000399. The lowest BCUT2D eigenvalue weighted by atomic mass is 10.2. The van der Waals surface area contributed by atoms with Crippen LogP contribution in [-0.2, 0) is 11.3 Å². The van der Waals surface area contributed by atoms with Gasteiger partial charge in [-0.05, 0) is 31.0 Å². The molecule has 1 aromatic carbocycles. The van der Waals surface area contributed by atoms with Crippen LogP contribution >= 0.6 is 23.5 Å². The lowest BCUT2D eigenvalue weighted by Gasteiger charge is -2.03. The van der Waals surface area contributed by atoms with Gasteiger partial charge in [-0.1, -0.05) is 17.7 Å². The van der Waals surface area contributed by atoms with Crippen LogP contribution in [0.2, 0.25) is 5.02 Å². The highest BCUT2D eigenvalue weighted by molar-refractivity contribution is 8.00. The van der Waals surface area contributed by atoms with E-state index in [4.69, 9.17) is 27.6 Å². The molecule has 106 valence electrons. The summed E-state index contributed by atoms with van der Waals surface area (Å²) in [6.45, 7) is 1.76. The summed E-state index contributed by atoms with van der Waals surface area (Å²) in [4.78, 5) is 10.5. The summed E-state index contributed by atoms with van der Waals surface area (Å²) >= 11 is 6.61. The minimum absolute atomic E-state index is 0.120. The van der Waals surface area contributed by atoms with Crippen LogP contribution in [0.5, 0.6) is 0 Å². The van der Waals surface area contributed by atoms with Crippen molar-refractivity contribution in [1.82, 2.24) is 5.32 Å². The van der Waals surface area contributed by atoms with Gasteiger partial charge in [0.25, 0.3) is 0 Å². The van der Waals surface area contributed by atoms with Gasteiger partial charge < -0.3 is 16.2 Å². The largest absolute Gasteiger partial charge is 0.494 e. The number of hydrogen-bond acceptors (Lipinski definition) is 5. The Labute approximate surface area is 119 Å². The topological polar surface area (TPSA) is 101 Å². The predicted octanol–water partition coefficient (Wildman–Crippen LogP) is 2.02. The number of aliphatic hydroxyl groups excluding tert-OH is 1. The van der Waals surface area contributed by atoms with E-state index in [9.17, 15) is 9.18 Å². The summed E-state index contributed by atoms with van der Waals surface area (Å²) in [7, 11) is 0. The molecule has 19 heavy (non-hydrogen) atoms. The molecular weight excluding hydrogens is 293 g/mol. The minimum atomic E-state index is -0.406. The number of rotatable bonds is 4. The van der Waals surface area contributed by atoms with Crippen molar-refractivity contribution in [3.05, 3.63) is 45.4 Å². The Hall–Kier alpha value is -1.44. The number of carbonyl (C=O) groups excluding carboxylic acids is 1. The standard InChI is InChI=1S/C8H7ClFNO.C3H8N2OS/c9-7-2-1-3-8(10)6(7)4-11-5-12;1-2(7-5)3(4)6/h1-3,5H,4H2,(H,11,12);6H,4-5H2,1H3/b;3-2+. The van der Waals surface area contributed by atoms with Crippen LogP contribution in [0.3, 0.4) is 0 Å². The third kappa shape index (κ3) is 6.90. The maximum Gasteiger partial charge on any atom is 0.207 e. The molecule has 0 heterocycles. The molecule has 0 aliphatic heterocycles. The van der Waals surface area contributed by atoms with E-state index in [0.717, 1.165) is 11.9 Å². The third-order valence-corrected chi connectivity index (χ3v) is 2.88. The van der Waals surface area contributed by atoms with Gasteiger partial charge in [0.15, 0.2) is 5.88 Å². The highest BCUT2D eigenvalue weighted by atomic mass is 35.5. The van der Waals surface area contributed by atoms with Gasteiger partial charge in [-0.25, -0.2) is 4.39 Å². The molecule has 0 atom stereocenters. The zero-order chi connectivity index (χ0) is 14.8. The number of hydrogen-bond donors (Lipinski definition) is 4. The second-order valence-electron chi connectivity index (χ2n) is 3.26. The number of carbonyl (C=O) groups is 1. The number of aliphatic hydroxyl groups is 1. The van der Waals surface area contributed by atoms with Crippen LogP contribution in [0, 0.1) is 5.82 Å². The first kappa shape index (κ1) is 17.6. The van der Waals surface area contributed by atoms with Gasteiger partial charge in [0.1, 0.15) is 5.82 Å². The fourth-order valence-corrected chi connectivity index (χ4v) is 1.26. The van der Waals surface area contributed by atoms with Crippen molar-refractivity contribution < 1.29 is 14.3 Å². The van der Waals surface area contributed by atoms with Crippen LogP contribution in [0.15, 0.2) is 29.0 Å². The Morgan fingerprint density at radius 1 is 1.63 bits per heavy atom. The number of allylic oxidation sites excluding steroid dienone is 1. The van der Waals surface area contributed by atoms with Crippen molar-refractivity contribution in [1.29, 1.82) is 0 Å². The number of nitrogens with two attached hydrogens (primary N) is 2. The van der Waals surface area contributed by atoms with Crippen LogP contribution in [0.25, 0.3) is 0 Å². The zero-order valence-electron chi connectivity index (χ0n) is 10.2. The molecule has 0 aromatic heterocycles. The molecule has 1 rings (SSSR count). The van der Waals surface area contributed by atoms with Gasteiger partial charge in [0.05, 0.1) is 4.91 Å². The smallest absolute Gasteiger partial charge is 0.207 e. The van der Waals surface area contributed by atoms with Gasteiger partial charge in [0, 0.05) is 17.1 Å². The molecular formula is C11H15ClFN3O2S. The number of benzene rings is 1. The molecule has 0 radical (unpaired) electrons. The van der Waals surface area contributed by atoms with Gasteiger partial charge >= 0.3 is 0 Å². The maximum absolute atomic E-state index is 12.9. The zero-order valence-corrected chi connectivity index (χ0v) is 11.8. The highest BCUT2D eigenvalue weighted by Crippen LogP contribution is 2.18. The molecule has 0 saturated heterocycles. The normalized spacial score (nSPS) is 10.9. The van der Waals surface area contributed by atoms with Crippen molar-refractivity contribution in [2.75, 3.05) is 0 Å². The first-order valence-corrected chi connectivity index (χ1v) is 6.31. The molecule has 0 aliphatic carbocycles. The average Bonchev–Trinajstić information content (AvgIpc) is 2.38. The molecule has 0 bridgehead atoms. The van der Waals surface area contributed by atoms with E-state index in [-0.39, 0.29) is 12.4 Å². The number of amides is 1. The molecule has 5 nitrogen and oxygen atoms in total. The van der Waals surface area contributed by atoms with E-state index in [1.54, 1.807) is 13.0 Å². The SMILES string of the molecule is C/C(SN)=C(/N)O.O=CNCc1c(F)cccc1Cl. The molecule has 1 amide bonds. The van der Waals surface area contributed by atoms with Crippen molar-refractivity contribution >= 4 is 30.0 Å². The van der Waals surface area contributed by atoms with Crippen LogP contribution < -0.4 is 16.2 Å². The summed E-state index contributed by atoms with van der Waals surface area (Å²) in [6, 6.07) is 4.39. The van der Waals surface area contributed by atoms with E-state index in [1.807, 2.05) is 0 Å². The van der Waals surface area contributed by atoms with Gasteiger partial charge in [-0.3, -0.25) is 9.93 Å². The van der Waals surface area contributed by atoms with Gasteiger partial charge in [-0.15, -0.1) is 0 Å². The van der Waals surface area contributed by atoms with E-state index in [1.165, 1.54) is 12.1 Å². The van der Waals surface area contributed by atoms with Crippen molar-refractivity contribution in [2.45, 2.75) is 13.5 Å². The molecule has 6 N–H and O–H groups in total. The quantitative estimate of drug-likeness (QED) is 0.387. The van der Waals surface area contributed by atoms with Crippen LogP contribution in [0.4, 0.5) is 4.39 Å². The summed E-state index contributed by atoms with van der Waals surface area (Å²) in [5.74, 6) is -0.607. The fourth-order valence-electron chi connectivity index (χ4n) is 0.905. The third-order valence-electron chi connectivity index (χ3n) is 1.96. The summed E-state index contributed by atoms with van der Waals surface area (Å²) in [5, 5.41) is 16.0. The van der Waals surface area contributed by atoms with Crippen molar-refractivity contribution in [3.63, 3.8) is 0 Å². The molecule has 0 fully saturated rings. The number of nitrogens with one attached hydrogen (secondary N) is 1. The van der Waals surface area contributed by atoms with E-state index in [2.05, 4.69) is 5.32 Å². The Morgan fingerprint density at radius 3 is 2.63 bits per heavy atom. The molecule has 1 aromatic rings. The molecule has 0 unspecified atom stereocenters. The lowest BCUT2D eigenvalue weighted by molar-refractivity contribution is -0.109. The van der Waals surface area contributed by atoms with Crippen molar-refractivity contribution in [3.8, 4) is 0 Å². The first-order valence-electron chi connectivity index (χ1n) is 5.06. The monoisotopic (exact) mass is 307 g/mol. The van der Waals surface area contributed by atoms with E-state index in [0.29, 0.717) is 21.9 Å². The van der Waals surface area contributed by atoms with E-state index >= 15 is 0 Å². The van der Waals surface area contributed by atoms with Crippen LogP contribution in [-0.4, -0.2) is 11.5 Å². The second-order valence-corrected chi connectivity index (χ2v) is 4.51. The average molecular weight is 308 g/mol. The predicted molar refractivity (Wildman–Crippen MR) is 75.6 cm³/mol. The lowest BCUT2D eigenvalue weighted by Crippen LogP contribution is -2.11. The Morgan fingerprint density at radius 2 is 2.26 bits per heavy atom. The highest BCUT2D eigenvalue weighted by Gasteiger charge is 2.04. The fraction of sp³-hybridized carbons (Fsp3) is 0.182. The molecule has 0 spiro atoms. The number of halogens is 2. The minimum Gasteiger partial charge on any atom is -0.494 e. The Kier molecular flexibility index (Phi) is 8.77. The molecule has 0 saturated carbocycles. The first-order chi connectivity index (χ1) is 8.93. The van der Waals surface area contributed by atoms with Crippen LogP contribution in [0.1, 0.15) is 12.5 Å². The summed E-state index contributed by atoms with van der Waals surface area (Å²) in [6.07, 6.45) is 0.503. The summed E-state index contributed by atoms with van der Waals surface area (Å²) < 4.78 is 12.9. The second kappa shape index (κ2) is 9.48. The summed E-state index contributed by atoms with van der Waals surface area (Å²) in [5.41, 5.74) is 5.19. The van der Waals surface area contributed by atoms with E-state index < -0.39 is 5.82 Å². The Bertz CT molecular complexity index is 433. The van der Waals surface area contributed by atoms with Crippen molar-refractivity contribution in [2.24, 2.45) is 10.9 Å². The maximum atomic E-state index is 12.9. The van der Waals surface area contributed by atoms with Gasteiger partial charge in [-0.2, -0.15) is 0 Å². The molecule has 8 heteroatoms.